The number of carbonyl (C=O) groups is 1. The van der Waals surface area contributed by atoms with Crippen molar-refractivity contribution in [2.75, 3.05) is 12.4 Å². The van der Waals surface area contributed by atoms with Crippen LogP contribution >= 0.6 is 11.6 Å². The van der Waals surface area contributed by atoms with Gasteiger partial charge < -0.3 is 10.1 Å². The molecule has 5 heteroatoms. The first-order chi connectivity index (χ1) is 10.1. The zero-order valence-corrected chi connectivity index (χ0v) is 11.9. The Morgan fingerprint density at radius 2 is 2.05 bits per heavy atom. The van der Waals surface area contributed by atoms with Gasteiger partial charge in [0.15, 0.2) is 0 Å². The van der Waals surface area contributed by atoms with Crippen LogP contribution in [0, 0.1) is 5.82 Å². The van der Waals surface area contributed by atoms with E-state index in [0.717, 1.165) is 5.56 Å². The molecule has 2 aromatic carbocycles. The van der Waals surface area contributed by atoms with Gasteiger partial charge in [0.1, 0.15) is 11.6 Å². The van der Waals surface area contributed by atoms with Crippen molar-refractivity contribution < 1.29 is 13.9 Å². The highest BCUT2D eigenvalue weighted by Gasteiger charge is 2.24. The Balaban J connectivity index is 2.06. The second kappa shape index (κ2) is 5.22. The largest absolute Gasteiger partial charge is 0.495 e. The lowest BCUT2D eigenvalue weighted by molar-refractivity contribution is -0.110. The smallest absolute Gasteiger partial charge is 0.256 e. The first-order valence-corrected chi connectivity index (χ1v) is 6.63. The maximum Gasteiger partial charge on any atom is 0.256 e. The third-order valence-electron chi connectivity index (χ3n) is 3.25. The third kappa shape index (κ3) is 2.50. The summed E-state index contributed by atoms with van der Waals surface area (Å²) in [5, 5.41) is 3.15. The van der Waals surface area contributed by atoms with Crippen LogP contribution in [0.2, 0.25) is 5.02 Å². The van der Waals surface area contributed by atoms with Crippen LogP contribution in [0.3, 0.4) is 0 Å². The highest BCUT2D eigenvalue weighted by atomic mass is 35.5. The number of amides is 1. The summed E-state index contributed by atoms with van der Waals surface area (Å²) >= 11 is 6.06. The molecule has 1 aliphatic heterocycles. The molecule has 3 nitrogen and oxygen atoms in total. The summed E-state index contributed by atoms with van der Waals surface area (Å²) in [5.74, 6) is -0.0902. The molecule has 106 valence electrons. The van der Waals surface area contributed by atoms with Crippen LogP contribution in [0.15, 0.2) is 36.4 Å². The molecular formula is C16H11ClFNO2. The van der Waals surface area contributed by atoms with Gasteiger partial charge in [0.2, 0.25) is 0 Å². The number of fused-ring (bicyclic) bond motifs is 1. The molecule has 0 aliphatic carbocycles. The number of halogens is 2. The van der Waals surface area contributed by atoms with Crippen LogP contribution in [0.5, 0.6) is 5.75 Å². The summed E-state index contributed by atoms with van der Waals surface area (Å²) in [4.78, 5) is 12.0. The standard InChI is InChI=1S/C16H11ClFNO2/c1-21-15-5-2-9(7-13(15)17)6-12-11-8-10(18)3-4-14(11)19-16(12)20/h2-8H,1H3,(H,19,20)/b12-6+. The van der Waals surface area contributed by atoms with E-state index in [1.165, 1.54) is 19.2 Å². The Labute approximate surface area is 126 Å². The first-order valence-electron chi connectivity index (χ1n) is 6.25. The fourth-order valence-corrected chi connectivity index (χ4v) is 2.51. The van der Waals surface area contributed by atoms with E-state index >= 15 is 0 Å². The van der Waals surface area contributed by atoms with Crippen LogP contribution < -0.4 is 10.1 Å². The van der Waals surface area contributed by atoms with Crippen LogP contribution in [0.1, 0.15) is 11.1 Å². The van der Waals surface area contributed by atoms with E-state index in [2.05, 4.69) is 5.32 Å². The molecule has 3 rings (SSSR count). The maximum absolute atomic E-state index is 13.4. The number of methoxy groups -OCH3 is 1. The number of hydrogen-bond donors (Lipinski definition) is 1. The van der Waals surface area contributed by atoms with E-state index in [1.54, 1.807) is 30.3 Å². The van der Waals surface area contributed by atoms with E-state index in [0.29, 0.717) is 27.6 Å². The Hall–Kier alpha value is -2.33. The molecule has 21 heavy (non-hydrogen) atoms. The molecule has 0 saturated carbocycles. The molecule has 1 aliphatic rings. The maximum atomic E-state index is 13.4. The fourth-order valence-electron chi connectivity index (χ4n) is 2.24. The SMILES string of the molecule is COc1ccc(/C=C2/C(=O)Nc3ccc(F)cc32)cc1Cl. The van der Waals surface area contributed by atoms with Crippen LogP contribution in [0.4, 0.5) is 10.1 Å². The predicted molar refractivity (Wildman–Crippen MR) is 80.9 cm³/mol. The summed E-state index contributed by atoms with van der Waals surface area (Å²) in [6.07, 6.45) is 1.67. The Morgan fingerprint density at radius 1 is 1.24 bits per heavy atom. The molecule has 0 spiro atoms. The van der Waals surface area contributed by atoms with Gasteiger partial charge in [-0.3, -0.25) is 4.79 Å². The molecule has 0 saturated heterocycles. The van der Waals surface area contributed by atoms with Gasteiger partial charge in [-0.1, -0.05) is 17.7 Å². The second-order valence-electron chi connectivity index (χ2n) is 4.60. The number of rotatable bonds is 2. The van der Waals surface area contributed by atoms with E-state index in [-0.39, 0.29) is 11.7 Å². The molecule has 0 unspecified atom stereocenters. The van der Waals surface area contributed by atoms with Gasteiger partial charge in [0.05, 0.1) is 12.1 Å². The Kier molecular flexibility index (Phi) is 3.39. The third-order valence-corrected chi connectivity index (χ3v) is 3.55. The van der Waals surface area contributed by atoms with Gasteiger partial charge in [-0.2, -0.15) is 0 Å². The lowest BCUT2D eigenvalue weighted by Gasteiger charge is -2.04. The zero-order valence-electron chi connectivity index (χ0n) is 11.1. The monoisotopic (exact) mass is 303 g/mol. The zero-order chi connectivity index (χ0) is 15.0. The van der Waals surface area contributed by atoms with Gasteiger partial charge in [0.25, 0.3) is 5.91 Å². The number of benzene rings is 2. The molecule has 1 heterocycles. The van der Waals surface area contributed by atoms with Gasteiger partial charge in [-0.15, -0.1) is 0 Å². The first kappa shape index (κ1) is 13.6. The molecule has 0 aromatic heterocycles. The van der Waals surface area contributed by atoms with Crippen molar-refractivity contribution in [3.05, 3.63) is 58.4 Å². The van der Waals surface area contributed by atoms with Crippen molar-refractivity contribution in [3.63, 3.8) is 0 Å². The highest BCUT2D eigenvalue weighted by molar-refractivity contribution is 6.35. The predicted octanol–water partition coefficient (Wildman–Crippen LogP) is 3.98. The van der Waals surface area contributed by atoms with Crippen molar-refractivity contribution in [1.82, 2.24) is 0 Å². The lowest BCUT2D eigenvalue weighted by atomic mass is 10.0. The van der Waals surface area contributed by atoms with Gasteiger partial charge >= 0.3 is 0 Å². The van der Waals surface area contributed by atoms with Gasteiger partial charge in [-0.05, 0) is 42.0 Å². The van der Waals surface area contributed by atoms with Crippen LogP contribution in [0.25, 0.3) is 11.6 Å². The van der Waals surface area contributed by atoms with Crippen molar-refractivity contribution in [2.24, 2.45) is 0 Å². The number of hydrogen-bond acceptors (Lipinski definition) is 2. The highest BCUT2D eigenvalue weighted by Crippen LogP contribution is 2.34. The number of ether oxygens (including phenoxy) is 1. The van der Waals surface area contributed by atoms with Crippen LogP contribution in [-0.4, -0.2) is 13.0 Å². The molecular weight excluding hydrogens is 293 g/mol. The van der Waals surface area contributed by atoms with E-state index < -0.39 is 0 Å². The molecule has 0 radical (unpaired) electrons. The topological polar surface area (TPSA) is 38.3 Å². The molecule has 1 amide bonds. The number of nitrogens with one attached hydrogen (secondary N) is 1. The normalized spacial score (nSPS) is 15.0. The molecule has 0 atom stereocenters. The van der Waals surface area contributed by atoms with E-state index in [4.69, 9.17) is 16.3 Å². The van der Waals surface area contributed by atoms with E-state index in [1.807, 2.05) is 0 Å². The number of anilines is 1. The van der Waals surface area contributed by atoms with Crippen molar-refractivity contribution in [1.29, 1.82) is 0 Å². The quantitative estimate of drug-likeness (QED) is 0.852. The van der Waals surface area contributed by atoms with Crippen molar-refractivity contribution in [3.8, 4) is 5.75 Å². The van der Waals surface area contributed by atoms with E-state index in [9.17, 15) is 9.18 Å². The Bertz CT molecular complexity index is 771. The van der Waals surface area contributed by atoms with Gasteiger partial charge in [0, 0.05) is 16.8 Å². The summed E-state index contributed by atoms with van der Waals surface area (Å²) in [5.41, 5.74) is 2.30. The average molecular weight is 304 g/mol. The summed E-state index contributed by atoms with van der Waals surface area (Å²) in [7, 11) is 1.53. The summed E-state index contributed by atoms with van der Waals surface area (Å²) in [6.45, 7) is 0. The van der Waals surface area contributed by atoms with Crippen LogP contribution in [-0.2, 0) is 4.79 Å². The summed E-state index contributed by atoms with van der Waals surface area (Å²) in [6, 6.07) is 9.38. The number of carbonyl (C=O) groups excluding carboxylic acids is 1. The fraction of sp³-hybridized carbons (Fsp3) is 0.0625. The Morgan fingerprint density at radius 3 is 2.76 bits per heavy atom. The molecule has 1 N–H and O–H groups in total. The minimum absolute atomic E-state index is 0.262. The molecule has 0 fully saturated rings. The minimum atomic E-state index is -0.385. The van der Waals surface area contributed by atoms with Crippen molar-refractivity contribution in [2.45, 2.75) is 0 Å². The second-order valence-corrected chi connectivity index (χ2v) is 5.00. The lowest BCUT2D eigenvalue weighted by Crippen LogP contribution is -2.03. The van der Waals surface area contributed by atoms with Gasteiger partial charge in [-0.25, -0.2) is 4.39 Å². The minimum Gasteiger partial charge on any atom is -0.495 e. The average Bonchev–Trinajstić information content (AvgIpc) is 2.75. The van der Waals surface area contributed by atoms with Crippen molar-refractivity contribution >= 4 is 34.8 Å². The molecule has 0 bridgehead atoms. The molecule has 2 aromatic rings. The summed E-state index contributed by atoms with van der Waals surface area (Å²) < 4.78 is 18.4.